The average Bonchev–Trinajstić information content (AvgIpc) is 2.65. The Hall–Kier alpha value is -1.76. The van der Waals surface area contributed by atoms with Crippen molar-refractivity contribution in [2.24, 2.45) is 11.7 Å². The fourth-order valence-electron chi connectivity index (χ4n) is 1.53. The van der Waals surface area contributed by atoms with Crippen molar-refractivity contribution in [2.75, 3.05) is 24.7 Å². The monoisotopic (exact) mass is 285 g/mol. The zero-order chi connectivity index (χ0) is 14.6. The smallest absolute Gasteiger partial charge is 0.343 e. The molecule has 0 aliphatic carbocycles. The minimum absolute atomic E-state index is 0.0800. The molecule has 106 valence electrons. The van der Waals surface area contributed by atoms with Crippen LogP contribution in [0.25, 0.3) is 0 Å². The number of thiophene rings is 1. The summed E-state index contributed by atoms with van der Waals surface area (Å²) in [4.78, 5) is 23.1. The van der Waals surface area contributed by atoms with Crippen LogP contribution in [0.1, 0.15) is 40.3 Å². The third-order valence-electron chi connectivity index (χ3n) is 2.57. The lowest BCUT2D eigenvalue weighted by Crippen LogP contribution is -2.13. The fraction of sp³-hybridized carbons (Fsp3) is 0.500. The van der Waals surface area contributed by atoms with E-state index < -0.39 is 11.9 Å². The number of amides is 1. The molecule has 1 rings (SSSR count). The summed E-state index contributed by atoms with van der Waals surface area (Å²) in [6, 6.07) is 0. The van der Waals surface area contributed by atoms with E-state index in [1.807, 2.05) is 0 Å². The molecule has 1 aromatic rings. The molecule has 0 fully saturated rings. The van der Waals surface area contributed by atoms with E-state index in [-0.39, 0.29) is 16.1 Å². The minimum Gasteiger partial charge on any atom is -0.465 e. The van der Waals surface area contributed by atoms with Crippen molar-refractivity contribution >= 4 is 33.9 Å². The molecule has 1 heterocycles. The van der Waals surface area contributed by atoms with Crippen molar-refractivity contribution in [3.8, 4) is 0 Å². The van der Waals surface area contributed by atoms with Crippen molar-refractivity contribution < 1.29 is 14.3 Å². The third-order valence-corrected chi connectivity index (χ3v) is 3.74. The van der Waals surface area contributed by atoms with Crippen LogP contribution in [0, 0.1) is 5.92 Å². The Labute approximate surface area is 116 Å². The quantitative estimate of drug-likeness (QED) is 0.689. The molecule has 0 aliphatic heterocycles. The van der Waals surface area contributed by atoms with Crippen LogP contribution in [0.2, 0.25) is 0 Å². The first-order valence-electron chi connectivity index (χ1n) is 5.92. The lowest BCUT2D eigenvalue weighted by Gasteiger charge is -2.08. The largest absolute Gasteiger partial charge is 0.465 e. The summed E-state index contributed by atoms with van der Waals surface area (Å²) in [6.45, 7) is 4.88. The topological polar surface area (TPSA) is 107 Å². The number of nitrogens with two attached hydrogens (primary N) is 2. The number of nitrogen functional groups attached to an aromatic ring is 1. The standard InChI is InChI=1S/C12H19N3O3S/c1-6(2)4-5-15-11-7(12(17)18-3)8(13)9(19-11)10(14)16/h6,15H,4-5,13H2,1-3H3,(H2,14,16). The van der Waals surface area contributed by atoms with Crippen molar-refractivity contribution in [1.29, 1.82) is 0 Å². The Morgan fingerprint density at radius 3 is 2.53 bits per heavy atom. The molecule has 0 unspecified atom stereocenters. The van der Waals surface area contributed by atoms with Gasteiger partial charge in [-0.3, -0.25) is 4.79 Å². The van der Waals surface area contributed by atoms with Crippen molar-refractivity contribution in [3.05, 3.63) is 10.4 Å². The molecule has 19 heavy (non-hydrogen) atoms. The molecular formula is C12H19N3O3S. The first-order valence-corrected chi connectivity index (χ1v) is 6.74. The van der Waals surface area contributed by atoms with Gasteiger partial charge in [0.1, 0.15) is 15.4 Å². The second kappa shape index (κ2) is 6.42. The Kier molecular flexibility index (Phi) is 5.17. The highest BCUT2D eigenvalue weighted by Crippen LogP contribution is 2.36. The highest BCUT2D eigenvalue weighted by Gasteiger charge is 2.24. The lowest BCUT2D eigenvalue weighted by molar-refractivity contribution is 0.0603. The Bertz CT molecular complexity index is 483. The molecule has 0 saturated carbocycles. The van der Waals surface area contributed by atoms with Crippen LogP contribution >= 0.6 is 11.3 Å². The van der Waals surface area contributed by atoms with Crippen molar-refractivity contribution in [2.45, 2.75) is 20.3 Å². The van der Waals surface area contributed by atoms with E-state index in [1.54, 1.807) is 0 Å². The zero-order valence-electron chi connectivity index (χ0n) is 11.3. The van der Waals surface area contributed by atoms with Crippen LogP contribution < -0.4 is 16.8 Å². The van der Waals surface area contributed by atoms with Crippen LogP contribution in [0.15, 0.2) is 0 Å². The second-order valence-electron chi connectivity index (χ2n) is 4.51. The predicted octanol–water partition coefficient (Wildman–Crippen LogP) is 1.67. The van der Waals surface area contributed by atoms with Gasteiger partial charge in [0.25, 0.3) is 5.91 Å². The summed E-state index contributed by atoms with van der Waals surface area (Å²) in [7, 11) is 1.27. The number of ether oxygens (including phenoxy) is 1. The minimum atomic E-state index is -0.649. The lowest BCUT2D eigenvalue weighted by atomic mass is 10.1. The summed E-state index contributed by atoms with van der Waals surface area (Å²) in [5.74, 6) is -0.695. The van der Waals surface area contributed by atoms with Gasteiger partial charge in [-0.2, -0.15) is 0 Å². The van der Waals surface area contributed by atoms with Gasteiger partial charge in [-0.1, -0.05) is 13.8 Å². The van der Waals surface area contributed by atoms with E-state index in [9.17, 15) is 9.59 Å². The molecule has 0 atom stereocenters. The molecule has 0 bridgehead atoms. The summed E-state index contributed by atoms with van der Waals surface area (Å²) >= 11 is 1.08. The van der Waals surface area contributed by atoms with Gasteiger partial charge in [0.15, 0.2) is 0 Å². The summed E-state index contributed by atoms with van der Waals surface area (Å²) in [5, 5.41) is 3.63. The van der Waals surface area contributed by atoms with Gasteiger partial charge in [0, 0.05) is 6.54 Å². The molecule has 0 aromatic carbocycles. The number of nitrogens with one attached hydrogen (secondary N) is 1. The predicted molar refractivity (Wildman–Crippen MR) is 76.5 cm³/mol. The van der Waals surface area contributed by atoms with Crippen LogP contribution in [-0.2, 0) is 4.74 Å². The van der Waals surface area contributed by atoms with Gasteiger partial charge < -0.3 is 21.5 Å². The highest BCUT2D eigenvalue weighted by molar-refractivity contribution is 7.19. The van der Waals surface area contributed by atoms with E-state index >= 15 is 0 Å². The molecule has 1 amide bonds. The number of esters is 1. The van der Waals surface area contributed by atoms with E-state index in [2.05, 4.69) is 23.9 Å². The number of methoxy groups -OCH3 is 1. The maximum atomic E-state index is 11.7. The first-order chi connectivity index (χ1) is 8.88. The van der Waals surface area contributed by atoms with Gasteiger partial charge >= 0.3 is 5.97 Å². The summed E-state index contributed by atoms with van der Waals surface area (Å²) in [5.41, 5.74) is 11.3. The van der Waals surface area contributed by atoms with Crippen LogP contribution in [0.3, 0.4) is 0 Å². The van der Waals surface area contributed by atoms with Crippen molar-refractivity contribution in [1.82, 2.24) is 0 Å². The molecule has 6 nitrogen and oxygen atoms in total. The Balaban J connectivity index is 3.04. The number of carbonyl (C=O) groups is 2. The first kappa shape index (κ1) is 15.3. The van der Waals surface area contributed by atoms with E-state index in [0.29, 0.717) is 17.5 Å². The molecule has 0 aliphatic rings. The number of rotatable bonds is 6. The number of carbonyl (C=O) groups excluding carboxylic acids is 2. The van der Waals surface area contributed by atoms with Crippen LogP contribution in [0.4, 0.5) is 10.7 Å². The third kappa shape index (κ3) is 3.60. The molecule has 7 heteroatoms. The van der Waals surface area contributed by atoms with E-state index in [1.165, 1.54) is 7.11 Å². The summed E-state index contributed by atoms with van der Waals surface area (Å²) < 4.78 is 4.67. The number of hydrogen-bond acceptors (Lipinski definition) is 6. The van der Waals surface area contributed by atoms with Crippen LogP contribution in [-0.4, -0.2) is 25.5 Å². The molecule has 5 N–H and O–H groups in total. The average molecular weight is 285 g/mol. The van der Waals surface area contributed by atoms with Gasteiger partial charge in [-0.15, -0.1) is 11.3 Å². The van der Waals surface area contributed by atoms with Gasteiger partial charge in [0.05, 0.1) is 12.8 Å². The van der Waals surface area contributed by atoms with E-state index in [4.69, 9.17) is 11.5 Å². The van der Waals surface area contributed by atoms with E-state index in [0.717, 1.165) is 17.8 Å². The van der Waals surface area contributed by atoms with Gasteiger partial charge in [0.2, 0.25) is 0 Å². The Morgan fingerprint density at radius 1 is 1.42 bits per heavy atom. The maximum Gasteiger partial charge on any atom is 0.343 e. The second-order valence-corrected chi connectivity index (χ2v) is 5.53. The summed E-state index contributed by atoms with van der Waals surface area (Å²) in [6.07, 6.45) is 0.935. The molecule has 1 aromatic heterocycles. The maximum absolute atomic E-state index is 11.7. The highest BCUT2D eigenvalue weighted by atomic mass is 32.1. The van der Waals surface area contributed by atoms with Crippen molar-refractivity contribution in [3.63, 3.8) is 0 Å². The zero-order valence-corrected chi connectivity index (χ0v) is 12.1. The fourth-order valence-corrected chi connectivity index (χ4v) is 2.52. The molecule has 0 spiro atoms. The molecule has 0 saturated heterocycles. The van der Waals surface area contributed by atoms with Crippen LogP contribution in [0.5, 0.6) is 0 Å². The number of anilines is 2. The normalized spacial score (nSPS) is 10.5. The molecular weight excluding hydrogens is 266 g/mol. The Morgan fingerprint density at radius 2 is 2.05 bits per heavy atom. The number of hydrogen-bond donors (Lipinski definition) is 3. The molecule has 0 radical (unpaired) electrons. The van der Waals surface area contributed by atoms with Gasteiger partial charge in [-0.25, -0.2) is 4.79 Å². The number of primary amides is 1. The van der Waals surface area contributed by atoms with Gasteiger partial charge in [-0.05, 0) is 12.3 Å². The SMILES string of the molecule is COC(=O)c1c(NCCC(C)C)sc(C(N)=O)c1N.